The lowest BCUT2D eigenvalue weighted by atomic mass is 10.1. The standard InChI is InChI=1S/C13H21N5O2/c1-8-9(2)19-10(16-8)6-14-12-18-17-11(20-12)7-15-13(3,4)5/h15H,6-7H2,1-5H3,(H,14,18). The first-order valence-electron chi connectivity index (χ1n) is 6.58. The highest BCUT2D eigenvalue weighted by Gasteiger charge is 2.12. The lowest BCUT2D eigenvalue weighted by molar-refractivity contribution is 0.383. The molecule has 7 heteroatoms. The normalized spacial score (nSPS) is 11.8. The van der Waals surface area contributed by atoms with Crippen molar-refractivity contribution in [3.63, 3.8) is 0 Å². The van der Waals surface area contributed by atoms with E-state index in [1.807, 2.05) is 13.8 Å². The van der Waals surface area contributed by atoms with Crippen molar-refractivity contribution < 1.29 is 8.83 Å². The number of anilines is 1. The van der Waals surface area contributed by atoms with Crippen LogP contribution in [0.5, 0.6) is 0 Å². The molecule has 2 aromatic rings. The maximum Gasteiger partial charge on any atom is 0.315 e. The summed E-state index contributed by atoms with van der Waals surface area (Å²) in [6, 6.07) is 0.365. The minimum absolute atomic E-state index is 0.00913. The van der Waals surface area contributed by atoms with E-state index in [9.17, 15) is 0 Å². The van der Waals surface area contributed by atoms with Crippen LogP contribution in [-0.4, -0.2) is 20.7 Å². The molecule has 0 amide bonds. The summed E-state index contributed by atoms with van der Waals surface area (Å²) in [6.07, 6.45) is 0. The van der Waals surface area contributed by atoms with Crippen molar-refractivity contribution in [1.29, 1.82) is 0 Å². The molecular weight excluding hydrogens is 258 g/mol. The van der Waals surface area contributed by atoms with Crippen molar-refractivity contribution in [3.8, 4) is 0 Å². The van der Waals surface area contributed by atoms with Gasteiger partial charge in [0.1, 0.15) is 5.76 Å². The van der Waals surface area contributed by atoms with Crippen molar-refractivity contribution in [1.82, 2.24) is 20.5 Å². The van der Waals surface area contributed by atoms with Gasteiger partial charge in [0.25, 0.3) is 0 Å². The molecule has 110 valence electrons. The monoisotopic (exact) mass is 279 g/mol. The fourth-order valence-electron chi connectivity index (χ4n) is 1.50. The SMILES string of the molecule is Cc1nc(CNc2nnc(CNC(C)(C)C)o2)oc1C. The van der Waals surface area contributed by atoms with Gasteiger partial charge in [0.2, 0.25) is 11.8 Å². The third-order valence-electron chi connectivity index (χ3n) is 2.70. The molecule has 7 nitrogen and oxygen atoms in total. The molecule has 0 aromatic carbocycles. The number of rotatable bonds is 5. The molecule has 0 fully saturated rings. The van der Waals surface area contributed by atoms with Gasteiger partial charge in [-0.1, -0.05) is 5.10 Å². The second kappa shape index (κ2) is 5.62. The van der Waals surface area contributed by atoms with Crippen molar-refractivity contribution in [3.05, 3.63) is 23.2 Å². The Balaban J connectivity index is 1.86. The minimum Gasteiger partial charge on any atom is -0.444 e. The summed E-state index contributed by atoms with van der Waals surface area (Å²) < 4.78 is 10.9. The number of nitrogens with one attached hydrogen (secondary N) is 2. The molecule has 2 aromatic heterocycles. The summed E-state index contributed by atoms with van der Waals surface area (Å²) in [5, 5.41) is 14.2. The maximum atomic E-state index is 5.47. The largest absolute Gasteiger partial charge is 0.444 e. The Kier molecular flexibility index (Phi) is 4.08. The lowest BCUT2D eigenvalue weighted by Crippen LogP contribution is -2.35. The fourth-order valence-corrected chi connectivity index (χ4v) is 1.50. The molecule has 0 bridgehead atoms. The number of oxazole rings is 1. The predicted molar refractivity (Wildman–Crippen MR) is 74.2 cm³/mol. The summed E-state index contributed by atoms with van der Waals surface area (Å²) in [4.78, 5) is 4.27. The van der Waals surface area contributed by atoms with Crippen LogP contribution in [0.15, 0.2) is 8.83 Å². The molecule has 0 saturated heterocycles. The van der Waals surface area contributed by atoms with Crippen LogP contribution < -0.4 is 10.6 Å². The van der Waals surface area contributed by atoms with E-state index in [2.05, 4.69) is 46.6 Å². The predicted octanol–water partition coefficient (Wildman–Crippen LogP) is 2.17. The topological polar surface area (TPSA) is 89.0 Å². The zero-order valence-corrected chi connectivity index (χ0v) is 12.6. The van der Waals surface area contributed by atoms with Gasteiger partial charge in [-0.15, -0.1) is 5.10 Å². The van der Waals surface area contributed by atoms with Crippen LogP contribution in [0.1, 0.15) is 44.0 Å². The van der Waals surface area contributed by atoms with E-state index in [4.69, 9.17) is 8.83 Å². The summed E-state index contributed by atoms with van der Waals surface area (Å²) in [7, 11) is 0. The molecule has 2 rings (SSSR count). The molecule has 0 radical (unpaired) electrons. The van der Waals surface area contributed by atoms with E-state index >= 15 is 0 Å². The van der Waals surface area contributed by atoms with E-state index in [0.717, 1.165) is 11.5 Å². The van der Waals surface area contributed by atoms with Crippen LogP contribution in [-0.2, 0) is 13.1 Å². The van der Waals surface area contributed by atoms with Crippen LogP contribution in [0.4, 0.5) is 6.01 Å². The van der Waals surface area contributed by atoms with E-state index in [1.54, 1.807) is 0 Å². The van der Waals surface area contributed by atoms with E-state index < -0.39 is 0 Å². The van der Waals surface area contributed by atoms with Gasteiger partial charge < -0.3 is 19.5 Å². The van der Waals surface area contributed by atoms with Crippen molar-refractivity contribution in [2.75, 3.05) is 5.32 Å². The zero-order valence-electron chi connectivity index (χ0n) is 12.6. The smallest absolute Gasteiger partial charge is 0.315 e. The van der Waals surface area contributed by atoms with Crippen LogP contribution >= 0.6 is 0 Å². The van der Waals surface area contributed by atoms with E-state index in [0.29, 0.717) is 30.9 Å². The first kappa shape index (κ1) is 14.5. The summed E-state index contributed by atoms with van der Waals surface area (Å²) >= 11 is 0. The third kappa shape index (κ3) is 4.06. The highest BCUT2D eigenvalue weighted by atomic mass is 16.4. The van der Waals surface area contributed by atoms with Gasteiger partial charge in [-0.05, 0) is 34.6 Å². The van der Waals surface area contributed by atoms with Crippen molar-refractivity contribution in [2.45, 2.75) is 53.2 Å². The number of hydrogen-bond donors (Lipinski definition) is 2. The van der Waals surface area contributed by atoms with E-state index in [-0.39, 0.29) is 5.54 Å². The van der Waals surface area contributed by atoms with Crippen LogP contribution in [0.3, 0.4) is 0 Å². The second-order valence-corrected chi connectivity index (χ2v) is 5.71. The van der Waals surface area contributed by atoms with E-state index in [1.165, 1.54) is 0 Å². The Labute approximate surface area is 118 Å². The van der Waals surface area contributed by atoms with Crippen LogP contribution in [0, 0.1) is 13.8 Å². The molecular formula is C13H21N5O2. The highest BCUT2D eigenvalue weighted by Crippen LogP contribution is 2.11. The molecule has 0 aliphatic heterocycles. The Morgan fingerprint density at radius 2 is 1.75 bits per heavy atom. The summed E-state index contributed by atoms with van der Waals surface area (Å²) in [5.41, 5.74) is 0.900. The number of nitrogens with zero attached hydrogens (tertiary/aromatic N) is 3. The van der Waals surface area contributed by atoms with Crippen LogP contribution in [0.25, 0.3) is 0 Å². The van der Waals surface area contributed by atoms with Crippen molar-refractivity contribution >= 4 is 6.01 Å². The fraction of sp³-hybridized carbons (Fsp3) is 0.615. The highest BCUT2D eigenvalue weighted by molar-refractivity contribution is 5.18. The second-order valence-electron chi connectivity index (χ2n) is 5.71. The maximum absolute atomic E-state index is 5.47. The van der Waals surface area contributed by atoms with Gasteiger partial charge >= 0.3 is 6.01 Å². The quantitative estimate of drug-likeness (QED) is 0.867. The minimum atomic E-state index is 0.00913. The molecule has 0 spiro atoms. The van der Waals surface area contributed by atoms with Gasteiger partial charge in [0, 0.05) is 5.54 Å². The first-order chi connectivity index (χ1) is 9.33. The molecule has 2 heterocycles. The molecule has 20 heavy (non-hydrogen) atoms. The summed E-state index contributed by atoms with van der Waals surface area (Å²) in [5.74, 6) is 1.97. The molecule has 0 aliphatic carbocycles. The third-order valence-corrected chi connectivity index (χ3v) is 2.70. The molecule has 0 unspecified atom stereocenters. The molecule has 0 saturated carbocycles. The molecule has 2 N–H and O–H groups in total. The molecule has 0 aliphatic rings. The van der Waals surface area contributed by atoms with Gasteiger partial charge in [-0.2, -0.15) is 0 Å². The van der Waals surface area contributed by atoms with Gasteiger partial charge in [-0.25, -0.2) is 4.98 Å². The Hall–Kier alpha value is -1.89. The van der Waals surface area contributed by atoms with Gasteiger partial charge in [0.15, 0.2) is 0 Å². The Morgan fingerprint density at radius 3 is 2.35 bits per heavy atom. The lowest BCUT2D eigenvalue weighted by Gasteiger charge is -2.18. The Morgan fingerprint density at radius 1 is 1.00 bits per heavy atom. The van der Waals surface area contributed by atoms with Gasteiger partial charge in [0.05, 0.1) is 18.8 Å². The average molecular weight is 279 g/mol. The number of hydrogen-bond acceptors (Lipinski definition) is 7. The Bertz CT molecular complexity index is 548. The number of aromatic nitrogens is 3. The van der Waals surface area contributed by atoms with Crippen LogP contribution in [0.2, 0.25) is 0 Å². The van der Waals surface area contributed by atoms with Gasteiger partial charge in [-0.3, -0.25) is 0 Å². The summed E-state index contributed by atoms with van der Waals surface area (Å²) in [6.45, 7) is 11.0. The molecule has 0 atom stereocenters. The van der Waals surface area contributed by atoms with Crippen molar-refractivity contribution in [2.24, 2.45) is 0 Å². The first-order valence-corrected chi connectivity index (χ1v) is 6.58. The zero-order chi connectivity index (χ0) is 14.8. The number of aryl methyl sites for hydroxylation is 2. The average Bonchev–Trinajstić information content (AvgIpc) is 2.91.